The molecule has 0 aliphatic carbocycles. The number of allylic oxidation sites excluding steroid dienone is 2. The summed E-state index contributed by atoms with van der Waals surface area (Å²) in [6.07, 6.45) is 3.68. The van der Waals surface area contributed by atoms with Crippen LogP contribution in [0.5, 0.6) is 0 Å². The van der Waals surface area contributed by atoms with Crippen LogP contribution in [0.2, 0.25) is 19.6 Å². The first-order valence-corrected chi connectivity index (χ1v) is 8.73. The zero-order valence-electron chi connectivity index (χ0n) is 10.8. The van der Waals surface area contributed by atoms with Crippen molar-refractivity contribution in [3.63, 3.8) is 0 Å². The Bertz CT molecular complexity index is 272. The number of aliphatic imine (C=N–C) groups is 1. The maximum Gasteiger partial charge on any atom is 0.243 e. The molecule has 0 atom stereocenters. The molecule has 0 rings (SSSR count). The third-order valence-electron chi connectivity index (χ3n) is 1.75. The number of hydrogen-bond donors (Lipinski definition) is 0. The van der Waals surface area contributed by atoms with Crippen molar-refractivity contribution < 1.29 is 4.43 Å². The van der Waals surface area contributed by atoms with Crippen molar-refractivity contribution in [3.8, 4) is 0 Å². The lowest BCUT2D eigenvalue weighted by molar-refractivity contribution is 0.547. The van der Waals surface area contributed by atoms with Crippen LogP contribution in [0.4, 0.5) is 0 Å². The molecule has 0 aromatic rings. The standard InChI is InChI=1S/C12H23NOSi/c1-8-12(10(2)3)9-13-11(4)14-15(5,6)7/h8-10H,1H2,2-7H3. The van der Waals surface area contributed by atoms with Crippen LogP contribution < -0.4 is 0 Å². The lowest BCUT2D eigenvalue weighted by Gasteiger charge is -2.18. The van der Waals surface area contributed by atoms with Gasteiger partial charge in [0, 0.05) is 13.1 Å². The molecule has 0 fully saturated rings. The minimum Gasteiger partial charge on any atom is -0.535 e. The molecule has 3 heteroatoms. The fraction of sp³-hybridized carbons (Fsp3) is 0.583. The SMILES string of the molecule is C=CC(=CN=C(C)O[Si](C)(C)C)C(C)C. The van der Waals surface area contributed by atoms with E-state index in [1.165, 1.54) is 0 Å². The lowest BCUT2D eigenvalue weighted by Crippen LogP contribution is -2.27. The van der Waals surface area contributed by atoms with Crippen LogP contribution >= 0.6 is 0 Å². The average molecular weight is 225 g/mol. The molecule has 2 nitrogen and oxygen atoms in total. The maximum absolute atomic E-state index is 5.72. The highest BCUT2D eigenvalue weighted by Crippen LogP contribution is 2.11. The normalized spacial score (nSPS) is 14.3. The van der Waals surface area contributed by atoms with Gasteiger partial charge in [0.2, 0.25) is 8.32 Å². The molecule has 0 spiro atoms. The highest BCUT2D eigenvalue weighted by molar-refractivity contribution is 6.71. The van der Waals surface area contributed by atoms with Crippen LogP contribution in [0.3, 0.4) is 0 Å². The van der Waals surface area contributed by atoms with Gasteiger partial charge in [0.15, 0.2) is 5.90 Å². The first-order valence-electron chi connectivity index (χ1n) is 5.32. The van der Waals surface area contributed by atoms with E-state index in [0.717, 1.165) is 11.5 Å². The van der Waals surface area contributed by atoms with Crippen molar-refractivity contribution in [3.05, 3.63) is 24.4 Å². The molecule has 0 radical (unpaired) electrons. The fourth-order valence-corrected chi connectivity index (χ4v) is 2.01. The monoisotopic (exact) mass is 225 g/mol. The van der Waals surface area contributed by atoms with Gasteiger partial charge in [-0.3, -0.25) is 0 Å². The number of nitrogens with zero attached hydrogens (tertiary/aromatic N) is 1. The summed E-state index contributed by atoms with van der Waals surface area (Å²) in [5.74, 6) is 1.19. The van der Waals surface area contributed by atoms with E-state index in [4.69, 9.17) is 4.43 Å². The second-order valence-corrected chi connectivity index (χ2v) is 9.28. The Morgan fingerprint density at radius 3 is 2.20 bits per heavy atom. The Morgan fingerprint density at radius 2 is 1.87 bits per heavy atom. The van der Waals surface area contributed by atoms with E-state index in [1.807, 2.05) is 19.2 Å². The summed E-state index contributed by atoms with van der Waals surface area (Å²) in [7, 11) is -1.52. The highest BCUT2D eigenvalue weighted by Gasteiger charge is 2.16. The van der Waals surface area contributed by atoms with Gasteiger partial charge in [-0.05, 0) is 31.1 Å². The summed E-state index contributed by atoms with van der Waals surface area (Å²) < 4.78 is 5.72. The molecule has 0 saturated carbocycles. The Balaban J connectivity index is 4.56. The summed E-state index contributed by atoms with van der Waals surface area (Å²) in [5.41, 5.74) is 1.13. The molecule has 86 valence electrons. The first-order chi connectivity index (χ1) is 6.76. The third kappa shape index (κ3) is 7.14. The minimum absolute atomic E-state index is 0.450. The summed E-state index contributed by atoms with van der Waals surface area (Å²) in [5, 5.41) is 0. The molecular weight excluding hydrogens is 202 g/mol. The molecule has 0 aromatic heterocycles. The molecule has 15 heavy (non-hydrogen) atoms. The van der Waals surface area contributed by atoms with E-state index in [2.05, 4.69) is 45.1 Å². The Kier molecular flexibility index (Phi) is 5.58. The number of rotatable bonds is 4. The zero-order valence-corrected chi connectivity index (χ0v) is 11.8. The summed E-state index contributed by atoms with van der Waals surface area (Å²) in [4.78, 5) is 4.30. The fourth-order valence-electron chi connectivity index (χ4n) is 1.07. The van der Waals surface area contributed by atoms with Gasteiger partial charge in [0.05, 0.1) is 0 Å². The van der Waals surface area contributed by atoms with E-state index >= 15 is 0 Å². The van der Waals surface area contributed by atoms with E-state index in [0.29, 0.717) is 5.92 Å². The van der Waals surface area contributed by atoms with Crippen molar-refractivity contribution in [2.75, 3.05) is 0 Å². The van der Waals surface area contributed by atoms with Gasteiger partial charge < -0.3 is 4.43 Å². The molecule has 0 amide bonds. The van der Waals surface area contributed by atoms with E-state index in [-0.39, 0.29) is 0 Å². The predicted molar refractivity (Wildman–Crippen MR) is 70.7 cm³/mol. The van der Waals surface area contributed by atoms with Crippen molar-refractivity contribution in [2.45, 2.75) is 40.4 Å². The second-order valence-electron chi connectivity index (χ2n) is 4.85. The molecule has 0 unspecified atom stereocenters. The van der Waals surface area contributed by atoms with Crippen LogP contribution in [-0.4, -0.2) is 14.2 Å². The van der Waals surface area contributed by atoms with Gasteiger partial charge in [-0.15, -0.1) is 0 Å². The Morgan fingerprint density at radius 1 is 1.33 bits per heavy atom. The van der Waals surface area contributed by atoms with Crippen LogP contribution in [0.1, 0.15) is 20.8 Å². The van der Waals surface area contributed by atoms with E-state index < -0.39 is 8.32 Å². The van der Waals surface area contributed by atoms with Crippen molar-refractivity contribution >= 4 is 14.2 Å². The molecular formula is C12H23NOSi. The smallest absolute Gasteiger partial charge is 0.243 e. The minimum atomic E-state index is -1.52. The average Bonchev–Trinajstić information content (AvgIpc) is 2.01. The molecule has 0 aliphatic heterocycles. The molecule has 0 aliphatic rings. The molecule has 0 saturated heterocycles. The van der Waals surface area contributed by atoms with Gasteiger partial charge in [-0.25, -0.2) is 4.99 Å². The van der Waals surface area contributed by atoms with Crippen LogP contribution in [0, 0.1) is 5.92 Å². The van der Waals surface area contributed by atoms with Crippen LogP contribution in [-0.2, 0) is 4.43 Å². The quantitative estimate of drug-likeness (QED) is 0.307. The van der Waals surface area contributed by atoms with Crippen LogP contribution in [0.15, 0.2) is 29.4 Å². The lowest BCUT2D eigenvalue weighted by atomic mass is 10.1. The van der Waals surface area contributed by atoms with Gasteiger partial charge >= 0.3 is 0 Å². The Labute approximate surface area is 94.9 Å². The second kappa shape index (κ2) is 5.91. The molecule has 0 aromatic carbocycles. The van der Waals surface area contributed by atoms with Gasteiger partial charge in [-0.2, -0.15) is 0 Å². The summed E-state index contributed by atoms with van der Waals surface area (Å²) in [6.45, 7) is 16.3. The molecule has 0 heterocycles. The highest BCUT2D eigenvalue weighted by atomic mass is 28.4. The first kappa shape index (κ1) is 14.2. The van der Waals surface area contributed by atoms with Crippen molar-refractivity contribution in [1.82, 2.24) is 0 Å². The molecule has 0 bridgehead atoms. The largest absolute Gasteiger partial charge is 0.535 e. The topological polar surface area (TPSA) is 21.6 Å². The summed E-state index contributed by atoms with van der Waals surface area (Å²) in [6, 6.07) is 0. The number of hydrogen-bond acceptors (Lipinski definition) is 2. The van der Waals surface area contributed by atoms with E-state index in [9.17, 15) is 0 Å². The Hall–Kier alpha value is -0.833. The van der Waals surface area contributed by atoms with Gasteiger partial charge in [-0.1, -0.05) is 26.5 Å². The van der Waals surface area contributed by atoms with Crippen molar-refractivity contribution in [1.29, 1.82) is 0 Å². The van der Waals surface area contributed by atoms with Gasteiger partial charge in [0.1, 0.15) is 0 Å². The van der Waals surface area contributed by atoms with E-state index in [1.54, 1.807) is 0 Å². The maximum atomic E-state index is 5.72. The predicted octanol–water partition coefficient (Wildman–Crippen LogP) is 3.98. The summed E-state index contributed by atoms with van der Waals surface area (Å²) >= 11 is 0. The molecule has 0 N–H and O–H groups in total. The third-order valence-corrected chi connectivity index (χ3v) is 2.66. The van der Waals surface area contributed by atoms with Gasteiger partial charge in [0.25, 0.3) is 0 Å². The zero-order chi connectivity index (χ0) is 12.1. The van der Waals surface area contributed by atoms with Crippen LogP contribution in [0.25, 0.3) is 0 Å². The van der Waals surface area contributed by atoms with Crippen molar-refractivity contribution in [2.24, 2.45) is 10.9 Å².